The van der Waals surface area contributed by atoms with Crippen LogP contribution in [0.5, 0.6) is 5.75 Å². The zero-order valence-corrected chi connectivity index (χ0v) is 21.4. The molecule has 2 fully saturated rings. The lowest BCUT2D eigenvalue weighted by Crippen LogP contribution is -2.40. The van der Waals surface area contributed by atoms with E-state index in [4.69, 9.17) is 9.47 Å². The van der Waals surface area contributed by atoms with Gasteiger partial charge in [0, 0.05) is 12.1 Å². The van der Waals surface area contributed by atoms with E-state index in [0.29, 0.717) is 36.0 Å². The summed E-state index contributed by atoms with van der Waals surface area (Å²) in [6, 6.07) is 26.8. The van der Waals surface area contributed by atoms with Crippen molar-refractivity contribution in [3.05, 3.63) is 102 Å². The number of esters is 1. The van der Waals surface area contributed by atoms with Crippen molar-refractivity contribution >= 4 is 5.97 Å². The average molecular weight is 500 g/mol. The third-order valence-corrected chi connectivity index (χ3v) is 7.86. The summed E-state index contributed by atoms with van der Waals surface area (Å²) in [5, 5.41) is 11.9. The molecule has 5 heteroatoms. The normalized spacial score (nSPS) is 18.5. The van der Waals surface area contributed by atoms with Crippen molar-refractivity contribution in [2.75, 3.05) is 26.3 Å². The molecule has 37 heavy (non-hydrogen) atoms. The fraction of sp³-hybridized carbons (Fsp3) is 0.406. The lowest BCUT2D eigenvalue weighted by atomic mass is 9.85. The van der Waals surface area contributed by atoms with Gasteiger partial charge in [0.05, 0.1) is 13.2 Å². The van der Waals surface area contributed by atoms with Crippen LogP contribution in [-0.4, -0.2) is 42.3 Å². The summed E-state index contributed by atoms with van der Waals surface area (Å²) < 4.78 is 11.8. The maximum Gasteiger partial charge on any atom is 0.347 e. The number of ether oxygens (including phenoxy) is 2. The summed E-state index contributed by atoms with van der Waals surface area (Å²) in [7, 11) is 0. The van der Waals surface area contributed by atoms with E-state index in [0.717, 1.165) is 32.5 Å². The minimum Gasteiger partial charge on any atom is -0.493 e. The SMILES string of the molecule is O=C(OCC1CCN(Cc2ccccc2)CC1)[C@](O)(c1ccccc1)c1cccc(OCC2CCC2)c1. The molecule has 194 valence electrons. The topological polar surface area (TPSA) is 59.0 Å². The van der Waals surface area contributed by atoms with Gasteiger partial charge in [0.15, 0.2) is 0 Å². The van der Waals surface area contributed by atoms with Crippen LogP contribution in [0.3, 0.4) is 0 Å². The molecular formula is C32H37NO4. The smallest absolute Gasteiger partial charge is 0.347 e. The van der Waals surface area contributed by atoms with Gasteiger partial charge in [0.2, 0.25) is 5.60 Å². The van der Waals surface area contributed by atoms with E-state index >= 15 is 0 Å². The Morgan fingerprint density at radius 2 is 1.46 bits per heavy atom. The molecule has 3 aromatic rings. The van der Waals surface area contributed by atoms with Crippen molar-refractivity contribution in [2.45, 2.75) is 44.2 Å². The molecule has 1 aliphatic heterocycles. The monoisotopic (exact) mass is 499 g/mol. The fourth-order valence-corrected chi connectivity index (χ4v) is 5.22. The highest BCUT2D eigenvalue weighted by Gasteiger charge is 2.42. The van der Waals surface area contributed by atoms with E-state index in [1.165, 1.54) is 24.8 Å². The molecular weight excluding hydrogens is 462 g/mol. The van der Waals surface area contributed by atoms with Crippen LogP contribution in [0.25, 0.3) is 0 Å². The Bertz CT molecular complexity index is 1140. The molecule has 1 saturated heterocycles. The van der Waals surface area contributed by atoms with Crippen LogP contribution >= 0.6 is 0 Å². The first-order valence-electron chi connectivity index (χ1n) is 13.6. The standard InChI is InChI=1S/C32H37NO4/c34-31(37-24-27-17-19-33(20-18-27)22-25-9-3-1-4-10-25)32(35,28-13-5-2-6-14-28)29-15-8-16-30(21-29)36-23-26-11-7-12-26/h1-6,8-10,13-16,21,26-27,35H,7,11-12,17-20,22-24H2/t32-/m0/s1. The molecule has 2 aliphatic rings. The summed E-state index contributed by atoms with van der Waals surface area (Å²) >= 11 is 0. The summed E-state index contributed by atoms with van der Waals surface area (Å²) in [5.41, 5.74) is 0.381. The van der Waals surface area contributed by atoms with Crippen molar-refractivity contribution in [3.63, 3.8) is 0 Å². The molecule has 1 heterocycles. The molecule has 1 atom stereocenters. The van der Waals surface area contributed by atoms with Gasteiger partial charge in [0.25, 0.3) is 0 Å². The van der Waals surface area contributed by atoms with Crippen LogP contribution in [0.15, 0.2) is 84.9 Å². The van der Waals surface area contributed by atoms with Crippen molar-refractivity contribution in [2.24, 2.45) is 11.8 Å². The van der Waals surface area contributed by atoms with Crippen LogP contribution in [0.2, 0.25) is 0 Å². The minimum absolute atomic E-state index is 0.285. The zero-order chi connectivity index (χ0) is 25.5. The van der Waals surface area contributed by atoms with E-state index in [1.54, 1.807) is 24.3 Å². The second-order valence-electron chi connectivity index (χ2n) is 10.5. The first-order chi connectivity index (χ1) is 18.1. The van der Waals surface area contributed by atoms with Gasteiger partial charge in [-0.1, -0.05) is 79.2 Å². The highest BCUT2D eigenvalue weighted by molar-refractivity contribution is 5.85. The van der Waals surface area contributed by atoms with Gasteiger partial charge in [-0.15, -0.1) is 0 Å². The molecule has 1 aliphatic carbocycles. The Balaban J connectivity index is 1.23. The Morgan fingerprint density at radius 3 is 2.14 bits per heavy atom. The highest BCUT2D eigenvalue weighted by atomic mass is 16.5. The van der Waals surface area contributed by atoms with E-state index in [1.807, 2.05) is 36.4 Å². The van der Waals surface area contributed by atoms with Crippen LogP contribution in [-0.2, 0) is 21.7 Å². The number of aliphatic hydroxyl groups is 1. The van der Waals surface area contributed by atoms with Crippen molar-refractivity contribution in [1.29, 1.82) is 0 Å². The van der Waals surface area contributed by atoms with Gasteiger partial charge < -0.3 is 14.6 Å². The van der Waals surface area contributed by atoms with Crippen LogP contribution in [0.4, 0.5) is 0 Å². The number of piperidine rings is 1. The Kier molecular flexibility index (Phi) is 8.22. The number of likely N-dealkylation sites (tertiary alicyclic amines) is 1. The summed E-state index contributed by atoms with van der Waals surface area (Å²) in [6.45, 7) is 3.87. The minimum atomic E-state index is -1.90. The lowest BCUT2D eigenvalue weighted by molar-refractivity contribution is -0.164. The number of nitrogens with zero attached hydrogens (tertiary/aromatic N) is 1. The Morgan fingerprint density at radius 1 is 0.811 bits per heavy atom. The molecule has 5 rings (SSSR count). The third kappa shape index (κ3) is 6.23. The molecule has 0 unspecified atom stereocenters. The number of carbonyl (C=O) groups is 1. The highest BCUT2D eigenvalue weighted by Crippen LogP contribution is 2.34. The molecule has 0 bridgehead atoms. The summed E-state index contributed by atoms with van der Waals surface area (Å²) in [6.07, 6.45) is 5.60. The summed E-state index contributed by atoms with van der Waals surface area (Å²) in [5.74, 6) is 0.910. The average Bonchev–Trinajstić information content (AvgIpc) is 2.92. The van der Waals surface area contributed by atoms with Crippen LogP contribution in [0, 0.1) is 11.8 Å². The Labute approximate surface area is 220 Å². The number of carbonyl (C=O) groups excluding carboxylic acids is 1. The molecule has 1 N–H and O–H groups in total. The molecule has 0 spiro atoms. The second-order valence-corrected chi connectivity index (χ2v) is 10.5. The van der Waals surface area contributed by atoms with E-state index < -0.39 is 11.6 Å². The van der Waals surface area contributed by atoms with Gasteiger partial charge in [0.1, 0.15) is 5.75 Å². The van der Waals surface area contributed by atoms with E-state index in [2.05, 4.69) is 29.2 Å². The maximum absolute atomic E-state index is 13.5. The molecule has 1 saturated carbocycles. The van der Waals surface area contributed by atoms with Crippen molar-refractivity contribution in [1.82, 2.24) is 4.90 Å². The van der Waals surface area contributed by atoms with Crippen molar-refractivity contribution < 1.29 is 19.4 Å². The van der Waals surface area contributed by atoms with Gasteiger partial charge in [-0.25, -0.2) is 4.79 Å². The van der Waals surface area contributed by atoms with Crippen molar-refractivity contribution in [3.8, 4) is 5.75 Å². The quantitative estimate of drug-likeness (QED) is 0.370. The predicted octanol–water partition coefficient (Wildman–Crippen LogP) is 5.56. The molecule has 3 aromatic carbocycles. The second kappa shape index (κ2) is 11.9. The largest absolute Gasteiger partial charge is 0.493 e. The number of hydrogen-bond acceptors (Lipinski definition) is 5. The molecule has 0 amide bonds. The molecule has 0 aromatic heterocycles. The molecule has 5 nitrogen and oxygen atoms in total. The van der Waals surface area contributed by atoms with Crippen LogP contribution in [0.1, 0.15) is 48.8 Å². The van der Waals surface area contributed by atoms with E-state index in [-0.39, 0.29) is 5.92 Å². The zero-order valence-electron chi connectivity index (χ0n) is 21.4. The van der Waals surface area contributed by atoms with E-state index in [9.17, 15) is 9.90 Å². The summed E-state index contributed by atoms with van der Waals surface area (Å²) in [4.78, 5) is 16.0. The first-order valence-corrected chi connectivity index (χ1v) is 13.6. The fourth-order valence-electron chi connectivity index (χ4n) is 5.22. The molecule has 0 radical (unpaired) electrons. The first kappa shape index (κ1) is 25.5. The third-order valence-electron chi connectivity index (χ3n) is 7.86. The predicted molar refractivity (Wildman–Crippen MR) is 144 cm³/mol. The van der Waals surface area contributed by atoms with Gasteiger partial charge in [-0.2, -0.15) is 0 Å². The van der Waals surface area contributed by atoms with Gasteiger partial charge in [-0.05, 0) is 73.9 Å². The van der Waals surface area contributed by atoms with Crippen LogP contribution < -0.4 is 4.74 Å². The number of benzene rings is 3. The number of rotatable bonds is 10. The van der Waals surface area contributed by atoms with Gasteiger partial charge in [-0.3, -0.25) is 4.90 Å². The van der Waals surface area contributed by atoms with Gasteiger partial charge >= 0.3 is 5.97 Å². The number of hydrogen-bond donors (Lipinski definition) is 1. The maximum atomic E-state index is 13.5. The lowest BCUT2D eigenvalue weighted by Gasteiger charge is -2.33. The Hall–Kier alpha value is -3.15.